The maximum absolute atomic E-state index is 13.0. The lowest BCUT2D eigenvalue weighted by atomic mass is 10.2. The molecule has 24 heavy (non-hydrogen) atoms. The molecular weight excluding hydrogens is 324 g/mol. The van der Waals surface area contributed by atoms with Crippen molar-refractivity contribution in [3.05, 3.63) is 69.8 Å². The minimum Gasteiger partial charge on any atom is -0.477 e. The van der Waals surface area contributed by atoms with Crippen molar-refractivity contribution in [1.29, 1.82) is 0 Å². The fourth-order valence-corrected chi connectivity index (χ4v) is 1.68. The Bertz CT molecular complexity index is 796. The van der Waals surface area contributed by atoms with E-state index in [1.54, 1.807) is 0 Å². The van der Waals surface area contributed by atoms with E-state index in [1.165, 1.54) is 30.3 Å². The smallest absolute Gasteiger partial charge is 0.310 e. The van der Waals surface area contributed by atoms with E-state index in [2.05, 4.69) is 10.5 Å². The number of nitrogens with one attached hydrogen (secondary N) is 1. The molecule has 0 saturated carbocycles. The van der Waals surface area contributed by atoms with E-state index in [0.717, 1.165) is 18.3 Å². The molecule has 1 N–H and O–H groups in total. The number of benzene rings is 2. The van der Waals surface area contributed by atoms with Crippen LogP contribution in [0.4, 0.5) is 14.5 Å². The van der Waals surface area contributed by atoms with Gasteiger partial charge in [0.15, 0.2) is 24.0 Å². The number of nitrogens with zero attached hydrogens (tertiary/aromatic N) is 2. The summed E-state index contributed by atoms with van der Waals surface area (Å²) in [4.78, 5) is 21.7. The van der Waals surface area contributed by atoms with Crippen molar-refractivity contribution in [2.24, 2.45) is 5.10 Å². The van der Waals surface area contributed by atoms with Crippen molar-refractivity contribution >= 4 is 17.8 Å². The Morgan fingerprint density at radius 3 is 2.71 bits per heavy atom. The highest BCUT2D eigenvalue weighted by Gasteiger charge is 2.14. The van der Waals surface area contributed by atoms with Gasteiger partial charge in [0, 0.05) is 6.07 Å². The molecule has 0 unspecified atom stereocenters. The first kappa shape index (κ1) is 17.0. The minimum absolute atomic E-state index is 0.0535. The summed E-state index contributed by atoms with van der Waals surface area (Å²) in [6, 6.07) is 8.71. The van der Waals surface area contributed by atoms with Crippen LogP contribution in [0.5, 0.6) is 5.75 Å². The zero-order chi connectivity index (χ0) is 17.5. The number of hydrogen-bond acceptors (Lipinski definition) is 5. The fourth-order valence-electron chi connectivity index (χ4n) is 1.68. The van der Waals surface area contributed by atoms with E-state index in [4.69, 9.17) is 4.74 Å². The molecule has 0 atom stereocenters. The summed E-state index contributed by atoms with van der Waals surface area (Å²) in [5.74, 6) is -2.76. The Hall–Kier alpha value is -3.36. The van der Waals surface area contributed by atoms with Crippen molar-refractivity contribution < 1.29 is 23.2 Å². The van der Waals surface area contributed by atoms with Crippen LogP contribution >= 0.6 is 0 Å². The van der Waals surface area contributed by atoms with Crippen LogP contribution in [-0.2, 0) is 4.79 Å². The molecule has 0 fully saturated rings. The Morgan fingerprint density at radius 1 is 1.25 bits per heavy atom. The zero-order valence-corrected chi connectivity index (χ0v) is 12.1. The summed E-state index contributed by atoms with van der Waals surface area (Å²) in [6.07, 6.45) is 1.12. The molecule has 0 aromatic heterocycles. The van der Waals surface area contributed by atoms with E-state index in [9.17, 15) is 23.7 Å². The van der Waals surface area contributed by atoms with Crippen molar-refractivity contribution in [2.75, 3.05) is 6.61 Å². The van der Waals surface area contributed by atoms with Gasteiger partial charge in [-0.2, -0.15) is 5.10 Å². The van der Waals surface area contributed by atoms with E-state index in [0.29, 0.717) is 0 Å². The highest BCUT2D eigenvalue weighted by Crippen LogP contribution is 2.25. The largest absolute Gasteiger partial charge is 0.477 e. The number of hydrogen-bond donors (Lipinski definition) is 1. The maximum Gasteiger partial charge on any atom is 0.310 e. The summed E-state index contributed by atoms with van der Waals surface area (Å²) < 4.78 is 30.8. The number of amides is 1. The molecule has 0 aliphatic heterocycles. The van der Waals surface area contributed by atoms with Gasteiger partial charge in [-0.25, -0.2) is 14.2 Å². The quantitative estimate of drug-likeness (QED) is 0.498. The molecule has 9 heteroatoms. The lowest BCUT2D eigenvalue weighted by Gasteiger charge is -2.05. The van der Waals surface area contributed by atoms with Gasteiger partial charge in [-0.1, -0.05) is 18.2 Å². The van der Waals surface area contributed by atoms with Crippen LogP contribution in [0, 0.1) is 21.7 Å². The van der Waals surface area contributed by atoms with Gasteiger partial charge in [-0.3, -0.25) is 14.9 Å². The number of ether oxygens (including phenoxy) is 1. The lowest BCUT2D eigenvalue weighted by Crippen LogP contribution is -2.24. The van der Waals surface area contributed by atoms with Crippen LogP contribution in [-0.4, -0.2) is 23.7 Å². The lowest BCUT2D eigenvalue weighted by molar-refractivity contribution is -0.385. The molecule has 0 spiro atoms. The third-order valence-electron chi connectivity index (χ3n) is 2.77. The Kier molecular flexibility index (Phi) is 5.50. The molecule has 2 aromatic rings. The minimum atomic E-state index is -1.04. The molecule has 0 bridgehead atoms. The topological polar surface area (TPSA) is 93.8 Å². The average Bonchev–Trinajstić information content (AvgIpc) is 2.56. The van der Waals surface area contributed by atoms with E-state index < -0.39 is 29.1 Å². The Labute approximate surface area is 134 Å². The van der Waals surface area contributed by atoms with Crippen molar-refractivity contribution in [3.8, 4) is 5.75 Å². The number of para-hydroxylation sites is 2. The second kappa shape index (κ2) is 7.77. The average molecular weight is 335 g/mol. The molecule has 124 valence electrons. The van der Waals surface area contributed by atoms with Gasteiger partial charge in [-0.05, 0) is 23.8 Å². The molecular formula is C15H11F2N3O4. The molecule has 0 radical (unpaired) electrons. The molecule has 2 rings (SSSR count). The van der Waals surface area contributed by atoms with Crippen molar-refractivity contribution in [1.82, 2.24) is 5.43 Å². The molecule has 7 nitrogen and oxygen atoms in total. The molecule has 0 heterocycles. The summed E-state index contributed by atoms with van der Waals surface area (Å²) in [5.41, 5.74) is 2.08. The van der Waals surface area contributed by atoms with Gasteiger partial charge in [0.1, 0.15) is 0 Å². The molecule has 2 aromatic carbocycles. The van der Waals surface area contributed by atoms with Gasteiger partial charge in [0.2, 0.25) is 0 Å². The molecule has 0 aliphatic carbocycles. The van der Waals surface area contributed by atoms with E-state index >= 15 is 0 Å². The van der Waals surface area contributed by atoms with Gasteiger partial charge in [0.05, 0.1) is 11.1 Å². The maximum atomic E-state index is 13.0. The van der Waals surface area contributed by atoms with Crippen LogP contribution in [0.1, 0.15) is 5.56 Å². The van der Waals surface area contributed by atoms with Gasteiger partial charge in [-0.15, -0.1) is 0 Å². The van der Waals surface area contributed by atoms with Gasteiger partial charge in [0.25, 0.3) is 5.91 Å². The van der Waals surface area contributed by atoms with Crippen molar-refractivity contribution in [3.63, 3.8) is 0 Å². The fraction of sp³-hybridized carbons (Fsp3) is 0.0667. The summed E-state index contributed by atoms with van der Waals surface area (Å²) in [7, 11) is 0. The number of nitro groups is 1. The highest BCUT2D eigenvalue weighted by molar-refractivity contribution is 5.82. The van der Waals surface area contributed by atoms with Gasteiger partial charge < -0.3 is 4.74 Å². The second-order valence-corrected chi connectivity index (χ2v) is 4.48. The summed E-state index contributed by atoms with van der Waals surface area (Å²) >= 11 is 0. The van der Waals surface area contributed by atoms with Crippen LogP contribution in [0.3, 0.4) is 0 Å². The van der Waals surface area contributed by atoms with Crippen LogP contribution in [0.2, 0.25) is 0 Å². The van der Waals surface area contributed by atoms with Crippen LogP contribution in [0.25, 0.3) is 0 Å². The predicted molar refractivity (Wildman–Crippen MR) is 80.7 cm³/mol. The van der Waals surface area contributed by atoms with Crippen molar-refractivity contribution in [2.45, 2.75) is 0 Å². The third-order valence-corrected chi connectivity index (χ3v) is 2.77. The molecule has 0 aliphatic rings. The number of rotatable bonds is 6. The Morgan fingerprint density at radius 2 is 2.00 bits per heavy atom. The SMILES string of the molecule is O=C(COc1ccccc1[N+](=O)[O-])N/N=C\c1ccc(F)c(F)c1. The first-order valence-corrected chi connectivity index (χ1v) is 6.60. The number of halogens is 2. The third kappa shape index (κ3) is 4.57. The van der Waals surface area contributed by atoms with E-state index in [-0.39, 0.29) is 17.0 Å². The predicted octanol–water partition coefficient (Wildman–Crippen LogP) is 2.40. The molecule has 0 saturated heterocycles. The second-order valence-electron chi connectivity index (χ2n) is 4.48. The first-order chi connectivity index (χ1) is 11.5. The number of carbonyl (C=O) groups excluding carboxylic acids is 1. The van der Waals surface area contributed by atoms with Crippen LogP contribution < -0.4 is 10.2 Å². The number of nitro benzene ring substituents is 1. The number of carbonyl (C=O) groups is 1. The summed E-state index contributed by atoms with van der Waals surface area (Å²) in [5, 5.41) is 14.3. The van der Waals surface area contributed by atoms with E-state index in [1.807, 2.05) is 0 Å². The normalized spacial score (nSPS) is 10.6. The zero-order valence-electron chi connectivity index (χ0n) is 12.1. The highest BCUT2D eigenvalue weighted by atomic mass is 19.2. The summed E-state index contributed by atoms with van der Waals surface area (Å²) in [6.45, 7) is -0.500. The standard InChI is InChI=1S/C15H11F2N3O4/c16-11-6-5-10(7-12(11)17)8-18-19-15(21)9-24-14-4-2-1-3-13(14)20(22)23/h1-8H,9H2,(H,19,21)/b18-8-. The Balaban J connectivity index is 1.89. The van der Waals surface area contributed by atoms with Gasteiger partial charge >= 0.3 is 5.69 Å². The van der Waals surface area contributed by atoms with Crippen LogP contribution in [0.15, 0.2) is 47.6 Å². The number of hydrazone groups is 1. The first-order valence-electron chi connectivity index (χ1n) is 6.60. The molecule has 1 amide bonds. The monoisotopic (exact) mass is 335 g/mol.